The average Bonchev–Trinajstić information content (AvgIpc) is 2.64. The number of rotatable bonds is 6. The third-order valence-corrected chi connectivity index (χ3v) is 4.48. The fourth-order valence-electron chi connectivity index (χ4n) is 2.96. The van der Waals surface area contributed by atoms with Crippen molar-refractivity contribution in [2.75, 3.05) is 11.9 Å². The van der Waals surface area contributed by atoms with Gasteiger partial charge in [-0.15, -0.1) is 0 Å². The van der Waals surface area contributed by atoms with Gasteiger partial charge in [-0.05, 0) is 42.3 Å². The van der Waals surface area contributed by atoms with Crippen LogP contribution in [0.15, 0.2) is 72.8 Å². The lowest BCUT2D eigenvalue weighted by Gasteiger charge is -2.29. The number of likely N-dealkylation sites (N-methyl/N-ethyl adjacent to an activating group) is 1. The highest BCUT2D eigenvalue weighted by molar-refractivity contribution is 6.30. The number of hydrogen-bond donors (Lipinski definition) is 1. The number of benzene rings is 3. The van der Waals surface area contributed by atoms with Crippen molar-refractivity contribution >= 4 is 23.2 Å². The first kappa shape index (κ1) is 18.8. The number of halogens is 1. The van der Waals surface area contributed by atoms with E-state index in [0.717, 1.165) is 16.8 Å². The average molecular weight is 380 g/mol. The molecule has 0 aromatic heterocycles. The normalized spacial score (nSPS) is 11.7. The molecule has 3 aromatic carbocycles. The molecule has 0 aliphatic heterocycles. The van der Waals surface area contributed by atoms with Crippen molar-refractivity contribution < 1.29 is 9.53 Å². The number of nitrogens with zero attached hydrogens (tertiary/aromatic N) is 1. The van der Waals surface area contributed by atoms with Crippen LogP contribution in [0.25, 0.3) is 0 Å². The molecule has 1 amide bonds. The molecule has 27 heavy (non-hydrogen) atoms. The van der Waals surface area contributed by atoms with Crippen LogP contribution in [-0.2, 0) is 4.79 Å². The summed E-state index contributed by atoms with van der Waals surface area (Å²) < 4.78 is 5.90. The number of hydrogen-bond acceptors (Lipinski definition) is 3. The van der Waals surface area contributed by atoms with E-state index < -0.39 is 11.9 Å². The number of primary amides is 1. The zero-order chi connectivity index (χ0) is 19.4. The van der Waals surface area contributed by atoms with Gasteiger partial charge < -0.3 is 15.4 Å². The van der Waals surface area contributed by atoms with Gasteiger partial charge in [0.15, 0.2) is 0 Å². The predicted octanol–water partition coefficient (Wildman–Crippen LogP) is 4.98. The van der Waals surface area contributed by atoms with E-state index in [0.29, 0.717) is 16.5 Å². The van der Waals surface area contributed by atoms with E-state index in [1.54, 1.807) is 12.1 Å². The van der Waals surface area contributed by atoms with Crippen molar-refractivity contribution in [3.8, 4) is 11.5 Å². The molecule has 0 bridgehead atoms. The molecule has 4 nitrogen and oxygen atoms in total. The predicted molar refractivity (Wildman–Crippen MR) is 109 cm³/mol. The second kappa shape index (κ2) is 8.14. The smallest absolute Gasteiger partial charge is 0.244 e. The molecule has 0 heterocycles. The summed E-state index contributed by atoms with van der Waals surface area (Å²) in [5, 5.41) is 0.594. The van der Waals surface area contributed by atoms with Gasteiger partial charge in [-0.2, -0.15) is 0 Å². The highest BCUT2D eigenvalue weighted by Gasteiger charge is 2.24. The van der Waals surface area contributed by atoms with E-state index >= 15 is 0 Å². The van der Waals surface area contributed by atoms with Crippen LogP contribution in [-0.4, -0.2) is 13.0 Å². The summed E-state index contributed by atoms with van der Waals surface area (Å²) in [6.07, 6.45) is 0. The molecule has 3 rings (SSSR count). The van der Waals surface area contributed by atoms with Crippen LogP contribution in [0.5, 0.6) is 11.5 Å². The standard InChI is InChI=1S/C22H20ClN2O2/c1-15-11-12-19(27-18-10-6-9-17(23)13-18)14-20(15)25(2)21(22(24)26)16-7-4-3-5-8-16/h3-14,21H,1H2,2H3,(H2,24,26)/t21-/m1/s1. The van der Waals surface area contributed by atoms with Gasteiger partial charge in [-0.1, -0.05) is 54.1 Å². The molecule has 0 unspecified atom stereocenters. The minimum Gasteiger partial charge on any atom is -0.457 e. The van der Waals surface area contributed by atoms with Crippen molar-refractivity contribution in [3.05, 3.63) is 95.9 Å². The van der Waals surface area contributed by atoms with E-state index in [4.69, 9.17) is 22.1 Å². The summed E-state index contributed by atoms with van der Waals surface area (Å²) >= 11 is 6.01. The molecule has 0 saturated heterocycles. The van der Waals surface area contributed by atoms with Crippen LogP contribution in [0, 0.1) is 6.92 Å². The molecule has 1 atom stereocenters. The molecular weight excluding hydrogens is 360 g/mol. The summed E-state index contributed by atoms with van der Waals surface area (Å²) in [6.45, 7) is 4.07. The highest BCUT2D eigenvalue weighted by Crippen LogP contribution is 2.33. The second-order valence-electron chi connectivity index (χ2n) is 6.18. The van der Waals surface area contributed by atoms with Crippen LogP contribution < -0.4 is 15.4 Å². The number of amides is 1. The van der Waals surface area contributed by atoms with Gasteiger partial charge in [-0.3, -0.25) is 4.79 Å². The maximum absolute atomic E-state index is 12.2. The maximum Gasteiger partial charge on any atom is 0.244 e. The lowest BCUT2D eigenvalue weighted by atomic mass is 10.0. The summed E-state index contributed by atoms with van der Waals surface area (Å²) in [6, 6.07) is 21.4. The Bertz CT molecular complexity index is 944. The first-order chi connectivity index (χ1) is 13.0. The molecule has 1 radical (unpaired) electrons. The minimum absolute atomic E-state index is 0.440. The Kier molecular flexibility index (Phi) is 5.67. The molecule has 0 fully saturated rings. The summed E-state index contributed by atoms with van der Waals surface area (Å²) in [7, 11) is 1.82. The molecule has 5 heteroatoms. The van der Waals surface area contributed by atoms with Crippen molar-refractivity contribution in [1.82, 2.24) is 0 Å². The summed E-state index contributed by atoms with van der Waals surface area (Å²) in [5.74, 6) is 0.800. The lowest BCUT2D eigenvalue weighted by molar-refractivity contribution is -0.119. The van der Waals surface area contributed by atoms with Gasteiger partial charge in [0, 0.05) is 23.8 Å². The number of carbonyl (C=O) groups excluding carboxylic acids is 1. The SMILES string of the molecule is [CH2]c1ccc(Oc2cccc(Cl)c2)cc1N(C)[C@@H](C(N)=O)c1ccccc1. The van der Waals surface area contributed by atoms with Gasteiger partial charge in [0.2, 0.25) is 5.91 Å². The molecule has 137 valence electrons. The van der Waals surface area contributed by atoms with Crippen molar-refractivity contribution in [2.45, 2.75) is 6.04 Å². The van der Waals surface area contributed by atoms with Crippen molar-refractivity contribution in [1.29, 1.82) is 0 Å². The Labute approximate surface area is 164 Å². The Morgan fingerprint density at radius 1 is 1.04 bits per heavy atom. The Hall–Kier alpha value is -2.98. The molecule has 0 spiro atoms. The van der Waals surface area contributed by atoms with E-state index in [2.05, 4.69) is 6.92 Å². The van der Waals surface area contributed by atoms with Crippen LogP contribution >= 0.6 is 11.6 Å². The molecular formula is C22H20ClN2O2. The van der Waals surface area contributed by atoms with Crippen molar-refractivity contribution in [2.24, 2.45) is 5.73 Å². The zero-order valence-corrected chi connectivity index (χ0v) is 15.7. The summed E-state index contributed by atoms with van der Waals surface area (Å²) in [4.78, 5) is 14.0. The van der Waals surface area contributed by atoms with Gasteiger partial charge >= 0.3 is 0 Å². The molecule has 3 aromatic rings. The quantitative estimate of drug-likeness (QED) is 0.657. The van der Waals surface area contributed by atoms with Crippen LogP contribution in [0.3, 0.4) is 0 Å². The Morgan fingerprint density at radius 3 is 2.41 bits per heavy atom. The first-order valence-corrected chi connectivity index (χ1v) is 8.80. The number of anilines is 1. The second-order valence-corrected chi connectivity index (χ2v) is 6.61. The van der Waals surface area contributed by atoms with E-state index in [9.17, 15) is 4.79 Å². The van der Waals surface area contributed by atoms with E-state index in [1.807, 2.05) is 72.6 Å². The zero-order valence-electron chi connectivity index (χ0n) is 14.9. The monoisotopic (exact) mass is 379 g/mol. The minimum atomic E-state index is -0.617. The fraction of sp³-hybridized carbons (Fsp3) is 0.0909. The van der Waals surface area contributed by atoms with Gasteiger partial charge in [0.1, 0.15) is 17.5 Å². The van der Waals surface area contributed by atoms with Crippen LogP contribution in [0.4, 0.5) is 5.69 Å². The molecule has 0 aliphatic carbocycles. The third kappa shape index (κ3) is 4.41. The maximum atomic E-state index is 12.2. The van der Waals surface area contributed by atoms with E-state index in [1.165, 1.54) is 0 Å². The fourth-order valence-corrected chi connectivity index (χ4v) is 3.14. The number of carbonyl (C=O) groups is 1. The highest BCUT2D eigenvalue weighted by atomic mass is 35.5. The Morgan fingerprint density at radius 2 is 1.74 bits per heavy atom. The van der Waals surface area contributed by atoms with Gasteiger partial charge in [0.05, 0.1) is 0 Å². The largest absolute Gasteiger partial charge is 0.457 e. The topological polar surface area (TPSA) is 55.6 Å². The molecule has 0 aliphatic rings. The lowest BCUT2D eigenvalue weighted by Crippen LogP contribution is -2.35. The molecule has 0 saturated carbocycles. The van der Waals surface area contributed by atoms with Gasteiger partial charge in [-0.25, -0.2) is 0 Å². The Balaban J connectivity index is 1.94. The first-order valence-electron chi connectivity index (χ1n) is 8.42. The number of ether oxygens (including phenoxy) is 1. The number of nitrogens with two attached hydrogens (primary N) is 1. The van der Waals surface area contributed by atoms with Crippen LogP contribution in [0.1, 0.15) is 17.2 Å². The van der Waals surface area contributed by atoms with Crippen LogP contribution in [0.2, 0.25) is 5.02 Å². The molecule has 2 N–H and O–H groups in total. The van der Waals surface area contributed by atoms with E-state index in [-0.39, 0.29) is 0 Å². The van der Waals surface area contributed by atoms with Gasteiger partial charge in [0.25, 0.3) is 0 Å². The summed E-state index contributed by atoms with van der Waals surface area (Å²) in [5.41, 5.74) is 8.02. The van der Waals surface area contributed by atoms with Crippen molar-refractivity contribution in [3.63, 3.8) is 0 Å². The third-order valence-electron chi connectivity index (χ3n) is 4.24.